The molecule has 0 radical (unpaired) electrons. The molecule has 0 aliphatic carbocycles. The minimum absolute atomic E-state index is 0.0184. The first kappa shape index (κ1) is 17.4. The summed E-state index contributed by atoms with van der Waals surface area (Å²) in [5.74, 6) is -0.827. The van der Waals surface area contributed by atoms with Crippen LogP contribution >= 0.6 is 0 Å². The fourth-order valence-corrected chi connectivity index (χ4v) is 3.58. The minimum Gasteiger partial charge on any atom is -0.481 e. The lowest BCUT2D eigenvalue weighted by molar-refractivity contribution is -0.136. The lowest BCUT2D eigenvalue weighted by Crippen LogP contribution is -2.02. The molecule has 0 heterocycles. The van der Waals surface area contributed by atoms with Gasteiger partial charge in [0.05, 0.1) is 6.42 Å². The van der Waals surface area contributed by atoms with Gasteiger partial charge in [-0.05, 0) is 52.9 Å². The zero-order valence-corrected chi connectivity index (χ0v) is 15.1. The SMILES string of the molecule is Cc1ccc2cc(CC(=O)O)cc(Cc3ccc(S(C)=O)cc3)c2c1. The number of hydrogen-bond donors (Lipinski definition) is 1. The van der Waals surface area contributed by atoms with Crippen molar-refractivity contribution in [2.45, 2.75) is 24.7 Å². The van der Waals surface area contributed by atoms with Crippen molar-refractivity contribution in [3.63, 3.8) is 0 Å². The van der Waals surface area contributed by atoms with Crippen LogP contribution in [0.3, 0.4) is 0 Å². The predicted molar refractivity (Wildman–Crippen MR) is 102 cm³/mol. The highest BCUT2D eigenvalue weighted by molar-refractivity contribution is 7.84. The Kier molecular flexibility index (Phi) is 5.00. The first-order valence-corrected chi connectivity index (χ1v) is 9.64. The van der Waals surface area contributed by atoms with Crippen molar-refractivity contribution in [2.24, 2.45) is 0 Å². The van der Waals surface area contributed by atoms with Crippen molar-refractivity contribution >= 4 is 27.5 Å². The van der Waals surface area contributed by atoms with E-state index in [-0.39, 0.29) is 6.42 Å². The molecule has 0 saturated carbocycles. The van der Waals surface area contributed by atoms with Crippen molar-refractivity contribution < 1.29 is 14.1 Å². The van der Waals surface area contributed by atoms with Crippen molar-refractivity contribution in [1.82, 2.24) is 0 Å². The van der Waals surface area contributed by atoms with Crippen molar-refractivity contribution in [3.05, 3.63) is 76.9 Å². The number of carboxylic acids is 1. The Bertz CT molecular complexity index is 959. The molecule has 1 N–H and O–H groups in total. The smallest absolute Gasteiger partial charge is 0.307 e. The van der Waals surface area contributed by atoms with Gasteiger partial charge in [0, 0.05) is 22.0 Å². The highest BCUT2D eigenvalue weighted by Crippen LogP contribution is 2.25. The minimum atomic E-state index is -0.985. The molecule has 128 valence electrons. The van der Waals surface area contributed by atoms with Crippen molar-refractivity contribution in [2.75, 3.05) is 6.26 Å². The molecule has 1 unspecified atom stereocenters. The Morgan fingerprint density at radius 2 is 1.72 bits per heavy atom. The molecule has 0 aliphatic heterocycles. The molecule has 0 fully saturated rings. The largest absolute Gasteiger partial charge is 0.481 e. The van der Waals surface area contributed by atoms with Gasteiger partial charge in [0.2, 0.25) is 0 Å². The molecular weight excluding hydrogens is 332 g/mol. The molecule has 0 spiro atoms. The van der Waals surface area contributed by atoms with E-state index in [2.05, 4.69) is 13.0 Å². The monoisotopic (exact) mass is 352 g/mol. The van der Waals surface area contributed by atoms with Gasteiger partial charge in [0.25, 0.3) is 0 Å². The van der Waals surface area contributed by atoms with Crippen LogP contribution in [-0.2, 0) is 28.4 Å². The molecule has 0 amide bonds. The Morgan fingerprint density at radius 3 is 2.36 bits per heavy atom. The Labute approximate surface area is 149 Å². The summed E-state index contributed by atoms with van der Waals surface area (Å²) in [4.78, 5) is 11.9. The van der Waals surface area contributed by atoms with Crippen LogP contribution in [0.25, 0.3) is 10.8 Å². The summed E-state index contributed by atoms with van der Waals surface area (Å²) in [5, 5.41) is 11.3. The maximum Gasteiger partial charge on any atom is 0.307 e. The molecule has 1 atom stereocenters. The average Bonchev–Trinajstić information content (AvgIpc) is 2.55. The molecule has 25 heavy (non-hydrogen) atoms. The molecule has 0 saturated heterocycles. The zero-order chi connectivity index (χ0) is 18.0. The Balaban J connectivity index is 2.04. The van der Waals surface area contributed by atoms with E-state index in [0.717, 1.165) is 32.4 Å². The summed E-state index contributed by atoms with van der Waals surface area (Å²) < 4.78 is 11.5. The van der Waals surface area contributed by atoms with Gasteiger partial charge in [-0.1, -0.05) is 48.0 Å². The summed E-state index contributed by atoms with van der Waals surface area (Å²) in [6, 6.07) is 17.9. The van der Waals surface area contributed by atoms with E-state index >= 15 is 0 Å². The zero-order valence-electron chi connectivity index (χ0n) is 14.3. The topological polar surface area (TPSA) is 54.4 Å². The number of aliphatic carboxylic acids is 1. The second-order valence-corrected chi connectivity index (χ2v) is 7.70. The normalized spacial score (nSPS) is 12.2. The number of fused-ring (bicyclic) bond motifs is 1. The van der Waals surface area contributed by atoms with Crippen LogP contribution < -0.4 is 0 Å². The maximum absolute atomic E-state index is 11.5. The standard InChI is InChI=1S/C21H20O3S/c1-14-3-6-17-11-16(13-21(22)23)12-18(20(17)9-14)10-15-4-7-19(8-5-15)25(2)24/h3-9,11-12H,10,13H2,1-2H3,(H,22,23). The van der Waals surface area contributed by atoms with Gasteiger partial charge in [-0.15, -0.1) is 0 Å². The number of rotatable bonds is 5. The number of carboxylic acid groups (broad SMARTS) is 1. The highest BCUT2D eigenvalue weighted by Gasteiger charge is 2.09. The second-order valence-electron chi connectivity index (χ2n) is 6.32. The van der Waals surface area contributed by atoms with Gasteiger partial charge in [-0.25, -0.2) is 0 Å². The average molecular weight is 352 g/mol. The van der Waals surface area contributed by atoms with E-state index in [4.69, 9.17) is 5.11 Å². The quantitative estimate of drug-likeness (QED) is 0.752. The van der Waals surface area contributed by atoms with Gasteiger partial charge in [0.1, 0.15) is 0 Å². The van der Waals surface area contributed by atoms with Crippen LogP contribution in [0.2, 0.25) is 0 Å². The third kappa shape index (κ3) is 4.15. The van der Waals surface area contributed by atoms with Crippen LogP contribution in [0.5, 0.6) is 0 Å². The van der Waals surface area contributed by atoms with E-state index in [1.54, 1.807) is 6.26 Å². The van der Waals surface area contributed by atoms with E-state index in [1.807, 2.05) is 48.5 Å². The number of carbonyl (C=O) groups is 1. The molecule has 0 bridgehead atoms. The van der Waals surface area contributed by atoms with E-state index in [9.17, 15) is 9.00 Å². The Hall–Kier alpha value is -2.46. The molecule has 3 rings (SSSR count). The summed E-state index contributed by atoms with van der Waals surface area (Å²) in [6.07, 6.45) is 2.40. The number of hydrogen-bond acceptors (Lipinski definition) is 2. The fourth-order valence-electron chi connectivity index (χ4n) is 3.06. The van der Waals surface area contributed by atoms with Gasteiger partial charge in [-0.3, -0.25) is 9.00 Å². The summed E-state index contributed by atoms with van der Waals surface area (Å²) >= 11 is 0. The van der Waals surface area contributed by atoms with E-state index in [1.165, 1.54) is 5.56 Å². The van der Waals surface area contributed by atoms with E-state index in [0.29, 0.717) is 6.42 Å². The molecule has 3 nitrogen and oxygen atoms in total. The highest BCUT2D eigenvalue weighted by atomic mass is 32.2. The summed E-state index contributed by atoms with van der Waals surface area (Å²) in [6.45, 7) is 2.06. The molecule has 3 aromatic carbocycles. The molecular formula is C21H20O3S. The Morgan fingerprint density at radius 1 is 1.00 bits per heavy atom. The van der Waals surface area contributed by atoms with Gasteiger partial charge in [0.15, 0.2) is 0 Å². The van der Waals surface area contributed by atoms with Crippen LogP contribution in [0, 0.1) is 6.92 Å². The molecule has 0 aliphatic rings. The van der Waals surface area contributed by atoms with Crippen LogP contribution in [-0.4, -0.2) is 21.5 Å². The summed E-state index contributed by atoms with van der Waals surface area (Å²) in [7, 11) is -0.985. The lowest BCUT2D eigenvalue weighted by Gasteiger charge is -2.11. The van der Waals surface area contributed by atoms with Crippen LogP contribution in [0.15, 0.2) is 59.5 Å². The van der Waals surface area contributed by atoms with Crippen LogP contribution in [0.4, 0.5) is 0 Å². The first-order valence-electron chi connectivity index (χ1n) is 8.09. The maximum atomic E-state index is 11.5. The molecule has 4 heteroatoms. The molecule has 0 aromatic heterocycles. The third-order valence-corrected chi connectivity index (χ3v) is 5.20. The predicted octanol–water partition coefficient (Wildman–Crippen LogP) is 4.10. The first-order chi connectivity index (χ1) is 11.9. The second kappa shape index (κ2) is 7.19. The fraction of sp³-hybridized carbons (Fsp3) is 0.190. The summed E-state index contributed by atoms with van der Waals surface area (Å²) in [5.41, 5.74) is 4.22. The van der Waals surface area contributed by atoms with E-state index < -0.39 is 16.8 Å². The van der Waals surface area contributed by atoms with Crippen molar-refractivity contribution in [3.8, 4) is 0 Å². The third-order valence-electron chi connectivity index (χ3n) is 4.26. The van der Waals surface area contributed by atoms with Gasteiger partial charge < -0.3 is 5.11 Å². The lowest BCUT2D eigenvalue weighted by atomic mass is 9.94. The molecule has 3 aromatic rings. The van der Waals surface area contributed by atoms with Gasteiger partial charge >= 0.3 is 5.97 Å². The van der Waals surface area contributed by atoms with Crippen LogP contribution in [0.1, 0.15) is 22.3 Å². The van der Waals surface area contributed by atoms with Gasteiger partial charge in [-0.2, -0.15) is 0 Å². The van der Waals surface area contributed by atoms with Crippen molar-refractivity contribution in [1.29, 1.82) is 0 Å². The number of aryl methyl sites for hydroxylation is 1. The number of benzene rings is 3.